The lowest BCUT2D eigenvalue weighted by atomic mass is 10.1. The van der Waals surface area contributed by atoms with Crippen LogP contribution in [-0.2, 0) is 6.42 Å². The first-order chi connectivity index (χ1) is 6.33. The van der Waals surface area contributed by atoms with Crippen molar-refractivity contribution in [2.45, 2.75) is 6.42 Å². The fraction of sp³-hybridized carbons (Fsp3) is 0.400. The van der Waals surface area contributed by atoms with E-state index in [-0.39, 0.29) is 12.5 Å². The minimum absolute atomic E-state index is 0.222. The molecule has 0 aliphatic rings. The molecule has 72 valence electrons. The van der Waals surface area contributed by atoms with Crippen LogP contribution in [0.15, 0.2) is 24.3 Å². The molecule has 3 heteroatoms. The van der Waals surface area contributed by atoms with Gasteiger partial charge in [0, 0.05) is 6.54 Å². The van der Waals surface area contributed by atoms with Gasteiger partial charge in [-0.1, -0.05) is 12.1 Å². The van der Waals surface area contributed by atoms with Crippen molar-refractivity contribution < 1.29 is 8.78 Å². The second-order valence-electron chi connectivity index (χ2n) is 2.82. The molecule has 0 aromatic heterocycles. The third-order valence-electron chi connectivity index (χ3n) is 1.77. The van der Waals surface area contributed by atoms with Gasteiger partial charge in [0.05, 0.1) is 0 Å². The molecule has 13 heavy (non-hydrogen) atoms. The second-order valence-corrected chi connectivity index (χ2v) is 2.82. The van der Waals surface area contributed by atoms with Crippen molar-refractivity contribution in [1.82, 2.24) is 5.32 Å². The van der Waals surface area contributed by atoms with Gasteiger partial charge in [0.15, 0.2) is 0 Å². The summed E-state index contributed by atoms with van der Waals surface area (Å²) in [6.45, 7) is 0.778. The van der Waals surface area contributed by atoms with Crippen LogP contribution in [0.4, 0.5) is 8.78 Å². The second kappa shape index (κ2) is 5.65. The van der Waals surface area contributed by atoms with Crippen molar-refractivity contribution in [2.75, 3.05) is 19.8 Å². The lowest BCUT2D eigenvalue weighted by Gasteiger charge is -2.01. The Kier molecular flexibility index (Phi) is 4.40. The SMILES string of the molecule is FCCNCCc1ccc(F)cc1. The van der Waals surface area contributed by atoms with Crippen molar-refractivity contribution in [3.8, 4) is 0 Å². The number of nitrogens with one attached hydrogen (secondary N) is 1. The van der Waals surface area contributed by atoms with Crippen molar-refractivity contribution in [3.05, 3.63) is 35.6 Å². The maximum absolute atomic E-state index is 12.5. The topological polar surface area (TPSA) is 12.0 Å². The highest BCUT2D eigenvalue weighted by Crippen LogP contribution is 2.02. The monoisotopic (exact) mass is 185 g/mol. The number of benzene rings is 1. The van der Waals surface area contributed by atoms with Crippen molar-refractivity contribution in [2.24, 2.45) is 0 Å². The van der Waals surface area contributed by atoms with Gasteiger partial charge in [0.1, 0.15) is 12.5 Å². The van der Waals surface area contributed by atoms with Gasteiger partial charge in [-0.05, 0) is 30.7 Å². The Morgan fingerprint density at radius 1 is 1.08 bits per heavy atom. The largest absolute Gasteiger partial charge is 0.314 e. The van der Waals surface area contributed by atoms with E-state index in [1.54, 1.807) is 12.1 Å². The van der Waals surface area contributed by atoms with E-state index < -0.39 is 0 Å². The number of halogens is 2. The van der Waals surface area contributed by atoms with Crippen LogP contribution in [-0.4, -0.2) is 19.8 Å². The van der Waals surface area contributed by atoms with Gasteiger partial charge in [0.2, 0.25) is 0 Å². The van der Waals surface area contributed by atoms with E-state index in [2.05, 4.69) is 5.32 Å². The van der Waals surface area contributed by atoms with Gasteiger partial charge in [-0.2, -0.15) is 0 Å². The van der Waals surface area contributed by atoms with Crippen molar-refractivity contribution in [3.63, 3.8) is 0 Å². The Hall–Kier alpha value is -0.960. The molecule has 0 radical (unpaired) electrons. The normalized spacial score (nSPS) is 10.3. The molecule has 0 spiro atoms. The minimum Gasteiger partial charge on any atom is -0.314 e. The maximum Gasteiger partial charge on any atom is 0.123 e. The molecule has 0 saturated carbocycles. The molecule has 0 heterocycles. The van der Waals surface area contributed by atoms with E-state index in [1.165, 1.54) is 12.1 Å². The summed E-state index contributed by atoms with van der Waals surface area (Å²) in [7, 11) is 0. The molecule has 0 saturated heterocycles. The number of alkyl halides is 1. The van der Waals surface area contributed by atoms with Crippen LogP contribution in [0.3, 0.4) is 0 Å². The Morgan fingerprint density at radius 2 is 1.77 bits per heavy atom. The van der Waals surface area contributed by atoms with E-state index in [0.29, 0.717) is 6.54 Å². The van der Waals surface area contributed by atoms with Crippen LogP contribution in [0.5, 0.6) is 0 Å². The minimum atomic E-state index is -0.344. The number of rotatable bonds is 5. The Balaban J connectivity index is 2.25. The summed E-state index contributed by atoms with van der Waals surface area (Å²) in [5.74, 6) is -0.222. The van der Waals surface area contributed by atoms with Crippen molar-refractivity contribution in [1.29, 1.82) is 0 Å². The van der Waals surface area contributed by atoms with Gasteiger partial charge in [-0.3, -0.25) is 0 Å². The molecule has 0 bridgehead atoms. The third kappa shape index (κ3) is 3.99. The van der Waals surface area contributed by atoms with Gasteiger partial charge >= 0.3 is 0 Å². The smallest absolute Gasteiger partial charge is 0.123 e. The summed E-state index contributed by atoms with van der Waals surface area (Å²) in [6.07, 6.45) is 0.806. The summed E-state index contributed by atoms with van der Waals surface area (Å²) in [4.78, 5) is 0. The molecule has 0 unspecified atom stereocenters. The molecule has 1 rings (SSSR count). The Labute approximate surface area is 76.8 Å². The molecule has 1 aromatic carbocycles. The predicted molar refractivity (Wildman–Crippen MR) is 48.9 cm³/mol. The zero-order valence-electron chi connectivity index (χ0n) is 7.39. The fourth-order valence-electron chi connectivity index (χ4n) is 1.08. The van der Waals surface area contributed by atoms with Crippen LogP contribution in [0.25, 0.3) is 0 Å². The van der Waals surface area contributed by atoms with E-state index >= 15 is 0 Å². The Bertz CT molecular complexity index is 233. The van der Waals surface area contributed by atoms with Gasteiger partial charge in [0.25, 0.3) is 0 Å². The summed E-state index contributed by atoms with van der Waals surface area (Å²) in [5.41, 5.74) is 1.06. The summed E-state index contributed by atoms with van der Waals surface area (Å²) >= 11 is 0. The summed E-state index contributed by atoms with van der Waals surface area (Å²) in [6, 6.07) is 6.36. The van der Waals surface area contributed by atoms with E-state index in [0.717, 1.165) is 18.5 Å². The van der Waals surface area contributed by atoms with Crippen LogP contribution in [0.2, 0.25) is 0 Å². The highest BCUT2D eigenvalue weighted by Gasteiger charge is 1.93. The van der Waals surface area contributed by atoms with Crippen LogP contribution < -0.4 is 5.32 Å². The third-order valence-corrected chi connectivity index (χ3v) is 1.77. The fourth-order valence-corrected chi connectivity index (χ4v) is 1.08. The van der Waals surface area contributed by atoms with Crippen LogP contribution in [0, 0.1) is 5.82 Å². The average Bonchev–Trinajstić information content (AvgIpc) is 2.15. The van der Waals surface area contributed by atoms with Crippen molar-refractivity contribution >= 4 is 0 Å². The van der Waals surface area contributed by atoms with Crippen LogP contribution >= 0.6 is 0 Å². The lowest BCUT2D eigenvalue weighted by Crippen LogP contribution is -2.19. The average molecular weight is 185 g/mol. The number of hydrogen-bond donors (Lipinski definition) is 1. The molecule has 1 nitrogen and oxygen atoms in total. The maximum atomic E-state index is 12.5. The molecular formula is C10H13F2N. The predicted octanol–water partition coefficient (Wildman–Crippen LogP) is 1.93. The zero-order valence-corrected chi connectivity index (χ0v) is 7.39. The van der Waals surface area contributed by atoms with Crippen LogP contribution in [0.1, 0.15) is 5.56 Å². The number of hydrogen-bond acceptors (Lipinski definition) is 1. The summed E-state index contributed by atoms with van der Waals surface area (Å²) < 4.78 is 24.1. The lowest BCUT2D eigenvalue weighted by molar-refractivity contribution is 0.468. The highest BCUT2D eigenvalue weighted by molar-refractivity contribution is 5.16. The van der Waals surface area contributed by atoms with Gasteiger partial charge in [-0.15, -0.1) is 0 Å². The summed E-state index contributed by atoms with van der Waals surface area (Å²) in [5, 5.41) is 2.93. The van der Waals surface area contributed by atoms with E-state index in [1.807, 2.05) is 0 Å². The molecule has 0 aliphatic carbocycles. The molecule has 0 amide bonds. The zero-order chi connectivity index (χ0) is 9.52. The first kappa shape index (κ1) is 10.1. The molecular weight excluding hydrogens is 172 g/mol. The molecule has 0 atom stereocenters. The highest BCUT2D eigenvalue weighted by atomic mass is 19.1. The van der Waals surface area contributed by atoms with E-state index in [4.69, 9.17) is 0 Å². The first-order valence-electron chi connectivity index (χ1n) is 4.34. The Morgan fingerprint density at radius 3 is 2.38 bits per heavy atom. The standard InChI is InChI=1S/C10H13F2N/c11-6-8-13-7-5-9-1-3-10(12)4-2-9/h1-4,13H,5-8H2. The quantitative estimate of drug-likeness (QED) is 0.691. The van der Waals surface area contributed by atoms with Gasteiger partial charge in [-0.25, -0.2) is 8.78 Å². The molecule has 0 fully saturated rings. The van der Waals surface area contributed by atoms with Gasteiger partial charge < -0.3 is 5.32 Å². The molecule has 1 aromatic rings. The molecule has 0 aliphatic heterocycles. The molecule has 1 N–H and O–H groups in total. The first-order valence-corrected chi connectivity index (χ1v) is 4.34. The van der Waals surface area contributed by atoms with E-state index in [9.17, 15) is 8.78 Å².